The lowest BCUT2D eigenvalue weighted by Gasteiger charge is -2.15. The van der Waals surface area contributed by atoms with E-state index >= 15 is 0 Å². The smallest absolute Gasteiger partial charge is 0.336 e. The highest BCUT2D eigenvalue weighted by molar-refractivity contribution is 7.53. The van der Waals surface area contributed by atoms with Crippen molar-refractivity contribution in [2.45, 2.75) is 20.0 Å². The molecule has 0 N–H and O–H groups in total. The molecule has 1 heterocycles. The zero-order valence-corrected chi connectivity index (χ0v) is 12.8. The molecule has 1 aromatic heterocycles. The van der Waals surface area contributed by atoms with Crippen LogP contribution in [0.25, 0.3) is 11.3 Å². The Bertz CT molecular complexity index is 616. The van der Waals surface area contributed by atoms with Crippen molar-refractivity contribution in [1.82, 2.24) is 5.16 Å². The molecular formula is C14H17FNO4P. The van der Waals surface area contributed by atoms with Gasteiger partial charge in [0.2, 0.25) is 0 Å². The van der Waals surface area contributed by atoms with Gasteiger partial charge in [0, 0.05) is 11.6 Å². The zero-order chi connectivity index (χ0) is 15.3. The molecule has 0 saturated carbocycles. The van der Waals surface area contributed by atoms with Crippen molar-refractivity contribution in [3.63, 3.8) is 0 Å². The molecule has 1 aromatic carbocycles. The van der Waals surface area contributed by atoms with Crippen LogP contribution in [0.3, 0.4) is 0 Å². The van der Waals surface area contributed by atoms with Gasteiger partial charge in [-0.05, 0) is 38.1 Å². The standard InChI is InChI=1S/C14H17FNO4P/c1-3-18-21(17,19-4-2)10-13-9-14(20-16-13)11-5-7-12(15)8-6-11/h5-9H,3-4,10H2,1-2H3. The third kappa shape index (κ3) is 4.24. The molecule has 0 spiro atoms. The molecule has 7 heteroatoms. The molecule has 0 fully saturated rings. The molecule has 0 aliphatic heterocycles. The van der Waals surface area contributed by atoms with Gasteiger partial charge < -0.3 is 13.6 Å². The number of aromatic nitrogens is 1. The fraction of sp³-hybridized carbons (Fsp3) is 0.357. The van der Waals surface area contributed by atoms with Gasteiger partial charge in [-0.25, -0.2) is 4.39 Å². The van der Waals surface area contributed by atoms with E-state index in [2.05, 4.69) is 5.16 Å². The first-order valence-electron chi connectivity index (χ1n) is 6.66. The van der Waals surface area contributed by atoms with Gasteiger partial charge in [0.05, 0.1) is 25.1 Å². The minimum atomic E-state index is -3.21. The van der Waals surface area contributed by atoms with E-state index in [1.807, 2.05) is 0 Å². The van der Waals surface area contributed by atoms with Crippen molar-refractivity contribution in [1.29, 1.82) is 0 Å². The number of hydrogen-bond donors (Lipinski definition) is 0. The second kappa shape index (κ2) is 6.98. The third-order valence-electron chi connectivity index (χ3n) is 2.69. The molecule has 0 aliphatic rings. The van der Waals surface area contributed by atoms with Crippen LogP contribution in [-0.2, 0) is 19.8 Å². The first kappa shape index (κ1) is 15.9. The number of hydrogen-bond acceptors (Lipinski definition) is 5. The van der Waals surface area contributed by atoms with Crippen LogP contribution in [0.2, 0.25) is 0 Å². The maximum Gasteiger partial charge on any atom is 0.336 e. The van der Waals surface area contributed by atoms with E-state index in [0.29, 0.717) is 30.2 Å². The van der Waals surface area contributed by atoms with Crippen LogP contribution < -0.4 is 0 Å². The minimum absolute atomic E-state index is 0.0410. The second-order valence-corrected chi connectivity index (χ2v) is 6.35. The SMILES string of the molecule is CCOP(=O)(Cc1cc(-c2ccc(F)cc2)on1)OCC. The molecule has 0 radical (unpaired) electrons. The normalized spacial score (nSPS) is 11.8. The number of nitrogens with zero attached hydrogens (tertiary/aromatic N) is 1. The Labute approximate surface area is 122 Å². The van der Waals surface area contributed by atoms with Gasteiger partial charge in [0.15, 0.2) is 5.76 Å². The summed E-state index contributed by atoms with van der Waals surface area (Å²) >= 11 is 0. The summed E-state index contributed by atoms with van der Waals surface area (Å²) in [6.07, 6.45) is 0.0410. The van der Waals surface area contributed by atoms with Crippen molar-refractivity contribution < 1.29 is 22.5 Å². The second-order valence-electron chi connectivity index (χ2n) is 4.29. The maximum atomic E-state index is 12.9. The highest BCUT2D eigenvalue weighted by Crippen LogP contribution is 2.51. The summed E-state index contributed by atoms with van der Waals surface area (Å²) in [6.45, 7) is 4.08. The quantitative estimate of drug-likeness (QED) is 0.715. The molecule has 0 amide bonds. The molecule has 2 aromatic rings. The van der Waals surface area contributed by atoms with E-state index in [1.165, 1.54) is 12.1 Å². The lowest BCUT2D eigenvalue weighted by molar-refractivity contribution is 0.218. The van der Waals surface area contributed by atoms with E-state index in [0.717, 1.165) is 0 Å². The van der Waals surface area contributed by atoms with E-state index < -0.39 is 7.60 Å². The van der Waals surface area contributed by atoms with Gasteiger partial charge >= 0.3 is 7.60 Å². The highest BCUT2D eigenvalue weighted by Gasteiger charge is 2.26. The zero-order valence-electron chi connectivity index (χ0n) is 11.9. The summed E-state index contributed by atoms with van der Waals surface area (Å²) in [7, 11) is -3.21. The van der Waals surface area contributed by atoms with Crippen molar-refractivity contribution in [3.05, 3.63) is 41.8 Å². The number of rotatable bonds is 7. The molecule has 0 unspecified atom stereocenters. The van der Waals surface area contributed by atoms with Crippen LogP contribution in [0.4, 0.5) is 4.39 Å². The lowest BCUT2D eigenvalue weighted by atomic mass is 10.1. The van der Waals surface area contributed by atoms with Gasteiger partial charge in [0.1, 0.15) is 5.82 Å². The molecule has 0 saturated heterocycles. The molecule has 0 bridgehead atoms. The average molecular weight is 313 g/mol. The Morgan fingerprint density at radius 3 is 2.38 bits per heavy atom. The molecule has 0 aliphatic carbocycles. The fourth-order valence-electron chi connectivity index (χ4n) is 1.86. The van der Waals surface area contributed by atoms with Crippen LogP contribution in [-0.4, -0.2) is 18.4 Å². The third-order valence-corrected chi connectivity index (χ3v) is 4.71. The predicted octanol–water partition coefficient (Wildman–Crippen LogP) is 4.25. The summed E-state index contributed by atoms with van der Waals surface area (Å²) < 4.78 is 40.9. The van der Waals surface area contributed by atoms with Crippen LogP contribution in [0, 0.1) is 5.82 Å². The molecule has 21 heavy (non-hydrogen) atoms. The van der Waals surface area contributed by atoms with Crippen LogP contribution in [0.1, 0.15) is 19.5 Å². The summed E-state index contributed by atoms with van der Waals surface area (Å²) in [5.41, 5.74) is 1.16. The topological polar surface area (TPSA) is 61.6 Å². The van der Waals surface area contributed by atoms with Crippen molar-refractivity contribution in [3.8, 4) is 11.3 Å². The Morgan fingerprint density at radius 1 is 1.19 bits per heavy atom. The van der Waals surface area contributed by atoms with Crippen molar-refractivity contribution in [2.24, 2.45) is 0 Å². The number of benzene rings is 1. The summed E-state index contributed by atoms with van der Waals surface area (Å²) in [5, 5.41) is 3.86. The number of halogens is 1. The minimum Gasteiger partial charge on any atom is -0.356 e. The van der Waals surface area contributed by atoms with Gasteiger partial charge in [-0.15, -0.1) is 0 Å². The summed E-state index contributed by atoms with van der Waals surface area (Å²) in [4.78, 5) is 0. The average Bonchev–Trinajstić information content (AvgIpc) is 2.88. The molecule has 0 atom stereocenters. The first-order chi connectivity index (χ1) is 10.1. The van der Waals surface area contributed by atoms with E-state index in [1.54, 1.807) is 32.0 Å². The Balaban J connectivity index is 2.15. The summed E-state index contributed by atoms with van der Waals surface area (Å²) in [5.74, 6) is 0.153. The molecule has 5 nitrogen and oxygen atoms in total. The summed E-state index contributed by atoms with van der Waals surface area (Å²) in [6, 6.07) is 7.50. The van der Waals surface area contributed by atoms with E-state index in [4.69, 9.17) is 13.6 Å². The molecule has 2 rings (SSSR count). The van der Waals surface area contributed by atoms with Gasteiger partial charge in [-0.1, -0.05) is 5.16 Å². The van der Waals surface area contributed by atoms with Crippen LogP contribution >= 0.6 is 7.60 Å². The highest BCUT2D eigenvalue weighted by atomic mass is 31.2. The van der Waals surface area contributed by atoms with Crippen molar-refractivity contribution >= 4 is 7.60 Å². The van der Waals surface area contributed by atoms with Crippen LogP contribution in [0.15, 0.2) is 34.9 Å². The van der Waals surface area contributed by atoms with Crippen LogP contribution in [0.5, 0.6) is 0 Å². The van der Waals surface area contributed by atoms with Crippen molar-refractivity contribution in [2.75, 3.05) is 13.2 Å². The Kier molecular flexibility index (Phi) is 5.28. The largest absolute Gasteiger partial charge is 0.356 e. The van der Waals surface area contributed by atoms with E-state index in [-0.39, 0.29) is 12.0 Å². The lowest BCUT2D eigenvalue weighted by Crippen LogP contribution is -1.99. The fourth-order valence-corrected chi connectivity index (χ4v) is 3.45. The van der Waals surface area contributed by atoms with E-state index in [9.17, 15) is 8.96 Å². The first-order valence-corrected chi connectivity index (χ1v) is 8.38. The monoisotopic (exact) mass is 313 g/mol. The Morgan fingerprint density at radius 2 is 1.81 bits per heavy atom. The predicted molar refractivity (Wildman–Crippen MR) is 76.5 cm³/mol. The molecular weight excluding hydrogens is 296 g/mol. The van der Waals surface area contributed by atoms with Gasteiger partial charge in [0.25, 0.3) is 0 Å². The molecule has 114 valence electrons. The van der Waals surface area contributed by atoms with Gasteiger partial charge in [-0.3, -0.25) is 4.57 Å². The Hall–Kier alpha value is -1.49. The maximum absolute atomic E-state index is 12.9. The van der Waals surface area contributed by atoms with Gasteiger partial charge in [-0.2, -0.15) is 0 Å².